The summed E-state index contributed by atoms with van der Waals surface area (Å²) in [6.45, 7) is 2.60. The van der Waals surface area contributed by atoms with Crippen LogP contribution in [0.3, 0.4) is 0 Å². The predicted molar refractivity (Wildman–Crippen MR) is 56.5 cm³/mol. The molecule has 1 heterocycles. The standard InChI is InChI=1S/C9H17NO4S/c1-2-3-5-10-9(11)14-8-4-6-15(12,13)7-8/h8H,2-7H2,1H3,(H,10,11)/t8-/m0/s1. The molecule has 1 amide bonds. The summed E-state index contributed by atoms with van der Waals surface area (Å²) in [5.41, 5.74) is 0. The van der Waals surface area contributed by atoms with Crippen molar-refractivity contribution in [2.75, 3.05) is 18.1 Å². The monoisotopic (exact) mass is 235 g/mol. The van der Waals surface area contributed by atoms with Gasteiger partial charge in [-0.3, -0.25) is 0 Å². The highest BCUT2D eigenvalue weighted by Gasteiger charge is 2.30. The Kier molecular flexibility index (Phi) is 4.38. The quantitative estimate of drug-likeness (QED) is 0.728. The maximum absolute atomic E-state index is 11.2. The summed E-state index contributed by atoms with van der Waals surface area (Å²) < 4.78 is 27.1. The average molecular weight is 235 g/mol. The molecule has 1 aliphatic rings. The molecule has 0 aromatic carbocycles. The highest BCUT2D eigenvalue weighted by atomic mass is 32.2. The maximum Gasteiger partial charge on any atom is 0.407 e. The van der Waals surface area contributed by atoms with Gasteiger partial charge in [0.15, 0.2) is 9.84 Å². The molecule has 0 aromatic heterocycles. The van der Waals surface area contributed by atoms with E-state index < -0.39 is 22.0 Å². The van der Waals surface area contributed by atoms with Crippen LogP contribution in [0.25, 0.3) is 0 Å². The zero-order valence-electron chi connectivity index (χ0n) is 8.86. The van der Waals surface area contributed by atoms with Crippen LogP contribution in [0.4, 0.5) is 4.79 Å². The van der Waals surface area contributed by atoms with Gasteiger partial charge in [-0.05, 0) is 12.8 Å². The van der Waals surface area contributed by atoms with Crippen molar-refractivity contribution >= 4 is 15.9 Å². The molecule has 88 valence electrons. The van der Waals surface area contributed by atoms with Crippen LogP contribution >= 0.6 is 0 Å². The van der Waals surface area contributed by atoms with E-state index in [-0.39, 0.29) is 11.5 Å². The third kappa shape index (κ3) is 4.51. The van der Waals surface area contributed by atoms with Crippen molar-refractivity contribution in [2.45, 2.75) is 32.3 Å². The molecule has 0 aromatic rings. The molecule has 1 N–H and O–H groups in total. The van der Waals surface area contributed by atoms with Crippen molar-refractivity contribution in [1.82, 2.24) is 5.32 Å². The molecule has 1 fully saturated rings. The lowest BCUT2D eigenvalue weighted by atomic mass is 10.3. The summed E-state index contributed by atoms with van der Waals surface area (Å²) >= 11 is 0. The molecule has 15 heavy (non-hydrogen) atoms. The second-order valence-corrected chi connectivity index (χ2v) is 5.94. The first-order valence-electron chi connectivity index (χ1n) is 5.18. The van der Waals surface area contributed by atoms with Crippen molar-refractivity contribution in [3.8, 4) is 0 Å². The predicted octanol–water partition coefficient (Wildman–Crippen LogP) is 0.700. The smallest absolute Gasteiger partial charge is 0.407 e. The fourth-order valence-electron chi connectivity index (χ4n) is 1.41. The molecule has 1 rings (SSSR count). The van der Waals surface area contributed by atoms with Crippen LogP contribution in [0.15, 0.2) is 0 Å². The van der Waals surface area contributed by atoms with Crippen molar-refractivity contribution < 1.29 is 17.9 Å². The van der Waals surface area contributed by atoms with Gasteiger partial charge in [-0.25, -0.2) is 13.2 Å². The molecule has 0 bridgehead atoms. The molecular weight excluding hydrogens is 218 g/mol. The average Bonchev–Trinajstić information content (AvgIpc) is 2.46. The Labute approximate surface area is 90.1 Å². The molecule has 0 radical (unpaired) electrons. The van der Waals surface area contributed by atoms with E-state index >= 15 is 0 Å². The van der Waals surface area contributed by atoms with Crippen molar-refractivity contribution in [2.24, 2.45) is 0 Å². The summed E-state index contributed by atoms with van der Waals surface area (Å²) in [5, 5.41) is 2.58. The van der Waals surface area contributed by atoms with Crippen molar-refractivity contribution in [1.29, 1.82) is 0 Å². The molecule has 1 saturated heterocycles. The van der Waals surface area contributed by atoms with Gasteiger partial charge in [0.2, 0.25) is 0 Å². The number of sulfone groups is 1. The molecule has 6 heteroatoms. The zero-order chi connectivity index (χ0) is 11.3. The van der Waals surface area contributed by atoms with E-state index in [1.54, 1.807) is 0 Å². The molecular formula is C9H17NO4S. The number of alkyl carbamates (subject to hydrolysis) is 1. The van der Waals surface area contributed by atoms with Gasteiger partial charge in [-0.15, -0.1) is 0 Å². The molecule has 1 atom stereocenters. The van der Waals surface area contributed by atoms with Gasteiger partial charge >= 0.3 is 6.09 Å². The van der Waals surface area contributed by atoms with Crippen LogP contribution < -0.4 is 5.32 Å². The number of nitrogens with one attached hydrogen (secondary N) is 1. The molecule has 5 nitrogen and oxygen atoms in total. The van der Waals surface area contributed by atoms with Crippen LogP contribution in [0.1, 0.15) is 26.2 Å². The Morgan fingerprint density at radius 3 is 2.80 bits per heavy atom. The number of rotatable bonds is 4. The largest absolute Gasteiger partial charge is 0.445 e. The summed E-state index contributed by atoms with van der Waals surface area (Å²) in [5.74, 6) is 0.0914. The fourth-order valence-corrected chi connectivity index (χ4v) is 3.00. The fraction of sp³-hybridized carbons (Fsp3) is 0.889. The Hall–Kier alpha value is -0.780. The van der Waals surface area contributed by atoms with E-state index in [4.69, 9.17) is 4.74 Å². The Bertz CT molecular complexity index is 312. The van der Waals surface area contributed by atoms with Crippen molar-refractivity contribution in [3.05, 3.63) is 0 Å². The van der Waals surface area contributed by atoms with Gasteiger partial charge in [0.1, 0.15) is 6.10 Å². The van der Waals surface area contributed by atoms with Gasteiger partial charge in [0.05, 0.1) is 11.5 Å². The van der Waals surface area contributed by atoms with Crippen LogP contribution in [-0.4, -0.2) is 38.7 Å². The highest BCUT2D eigenvalue weighted by molar-refractivity contribution is 7.91. The number of carbonyl (C=O) groups is 1. The van der Waals surface area contributed by atoms with Crippen LogP contribution in [-0.2, 0) is 14.6 Å². The Balaban J connectivity index is 2.22. The summed E-state index contributed by atoms with van der Waals surface area (Å²) in [6, 6.07) is 0. The number of hydrogen-bond donors (Lipinski definition) is 1. The van der Waals surface area contributed by atoms with E-state index in [0.29, 0.717) is 13.0 Å². The summed E-state index contributed by atoms with van der Waals surface area (Å²) in [4.78, 5) is 11.2. The topological polar surface area (TPSA) is 72.5 Å². The number of hydrogen-bond acceptors (Lipinski definition) is 4. The summed E-state index contributed by atoms with van der Waals surface area (Å²) in [6.07, 6.45) is 1.35. The van der Waals surface area contributed by atoms with Gasteiger partial charge in [0.25, 0.3) is 0 Å². The third-order valence-electron chi connectivity index (χ3n) is 2.26. The number of amides is 1. The second-order valence-electron chi connectivity index (χ2n) is 3.71. The van der Waals surface area contributed by atoms with E-state index in [0.717, 1.165) is 12.8 Å². The van der Waals surface area contributed by atoms with Gasteiger partial charge in [-0.1, -0.05) is 13.3 Å². The molecule has 1 aliphatic heterocycles. The first kappa shape index (κ1) is 12.3. The Morgan fingerprint density at radius 2 is 2.27 bits per heavy atom. The first-order valence-corrected chi connectivity index (χ1v) is 7.00. The SMILES string of the molecule is CCCCNC(=O)O[C@H]1CCS(=O)(=O)C1. The zero-order valence-corrected chi connectivity index (χ0v) is 9.68. The minimum atomic E-state index is -2.97. The lowest BCUT2D eigenvalue weighted by molar-refractivity contribution is 0.110. The second kappa shape index (κ2) is 5.34. The van der Waals surface area contributed by atoms with Gasteiger partial charge < -0.3 is 10.1 Å². The maximum atomic E-state index is 11.2. The van der Waals surface area contributed by atoms with E-state index in [1.807, 2.05) is 6.92 Å². The summed E-state index contributed by atoms with van der Waals surface area (Å²) in [7, 11) is -2.97. The Morgan fingerprint density at radius 1 is 1.53 bits per heavy atom. The van der Waals surface area contributed by atoms with Crippen LogP contribution in [0.5, 0.6) is 0 Å². The third-order valence-corrected chi connectivity index (χ3v) is 4.00. The lowest BCUT2D eigenvalue weighted by Crippen LogP contribution is -2.30. The van der Waals surface area contributed by atoms with Crippen LogP contribution in [0.2, 0.25) is 0 Å². The number of unbranched alkanes of at least 4 members (excludes halogenated alkanes) is 1. The van der Waals surface area contributed by atoms with E-state index in [1.165, 1.54) is 0 Å². The van der Waals surface area contributed by atoms with Crippen LogP contribution in [0, 0.1) is 0 Å². The minimum absolute atomic E-state index is 0.0335. The molecule has 0 unspecified atom stereocenters. The molecule has 0 spiro atoms. The number of carbonyl (C=O) groups excluding carboxylic acids is 1. The number of ether oxygens (including phenoxy) is 1. The van der Waals surface area contributed by atoms with Crippen molar-refractivity contribution in [3.63, 3.8) is 0 Å². The van der Waals surface area contributed by atoms with E-state index in [9.17, 15) is 13.2 Å². The van der Waals surface area contributed by atoms with Gasteiger partial charge in [-0.2, -0.15) is 0 Å². The molecule has 0 aliphatic carbocycles. The molecule has 0 saturated carbocycles. The minimum Gasteiger partial charge on any atom is -0.445 e. The highest BCUT2D eigenvalue weighted by Crippen LogP contribution is 2.14. The van der Waals surface area contributed by atoms with E-state index in [2.05, 4.69) is 5.32 Å². The lowest BCUT2D eigenvalue weighted by Gasteiger charge is -2.10. The van der Waals surface area contributed by atoms with Gasteiger partial charge in [0, 0.05) is 6.54 Å². The normalized spacial score (nSPS) is 23.7. The first-order chi connectivity index (χ1) is 7.03.